The summed E-state index contributed by atoms with van der Waals surface area (Å²) in [5.41, 5.74) is 0. The van der Waals surface area contributed by atoms with Gasteiger partial charge in [-0.1, -0.05) is 5.16 Å². The Hall–Kier alpha value is -2.00. The Morgan fingerprint density at radius 1 is 1.42 bits per heavy atom. The van der Waals surface area contributed by atoms with Crippen LogP contribution in [-0.2, 0) is 16.0 Å². The molecule has 0 radical (unpaired) electrons. The molecule has 0 bridgehead atoms. The summed E-state index contributed by atoms with van der Waals surface area (Å²) >= 11 is 0. The molecule has 1 aliphatic heterocycles. The summed E-state index contributed by atoms with van der Waals surface area (Å²) < 4.78 is 4.93. The number of carbonyl (C=O) groups is 2. The Morgan fingerprint density at radius 2 is 2.00 bits per heavy atom. The molecule has 1 aromatic heterocycles. The minimum Gasteiger partial charge on any atom is -0.483 e. The first-order valence-corrected chi connectivity index (χ1v) is 7.93. The van der Waals surface area contributed by atoms with Crippen LogP contribution in [0.5, 0.6) is 0 Å². The van der Waals surface area contributed by atoms with Crippen LogP contribution in [0.25, 0.3) is 0 Å². The largest absolute Gasteiger partial charge is 0.483 e. The number of nitrogens with zero attached hydrogens (tertiary/aromatic N) is 5. The molecule has 1 fully saturated rings. The van der Waals surface area contributed by atoms with Crippen LogP contribution < -0.4 is 0 Å². The van der Waals surface area contributed by atoms with Gasteiger partial charge in [0.2, 0.25) is 11.8 Å². The molecule has 1 amide bonds. The molecule has 2 rings (SSSR count). The molecule has 0 spiro atoms. The number of piperazine rings is 1. The van der Waals surface area contributed by atoms with Gasteiger partial charge in [-0.05, 0) is 14.0 Å². The van der Waals surface area contributed by atoms with Crippen molar-refractivity contribution in [1.29, 1.82) is 0 Å². The topological polar surface area (TPSA) is 103 Å². The fraction of sp³-hybridized carbons (Fsp3) is 0.733. The number of carboxylic acid groups (broad SMARTS) is 1. The lowest BCUT2D eigenvalue weighted by Crippen LogP contribution is -2.53. The van der Waals surface area contributed by atoms with Crippen molar-refractivity contribution < 1.29 is 19.2 Å². The summed E-state index contributed by atoms with van der Waals surface area (Å²) in [5, 5.41) is 10.7. The van der Waals surface area contributed by atoms with E-state index in [0.717, 1.165) is 26.2 Å². The predicted molar refractivity (Wildman–Crippen MR) is 87.6 cm³/mol. The van der Waals surface area contributed by atoms with Gasteiger partial charge in [0.15, 0.2) is 5.82 Å². The Kier molecular flexibility index (Phi) is 8.34. The molecule has 136 valence electrons. The Morgan fingerprint density at radius 3 is 2.50 bits per heavy atom. The maximum absolute atomic E-state index is 12.5. The van der Waals surface area contributed by atoms with Crippen molar-refractivity contribution >= 4 is 12.4 Å². The number of aryl methyl sites for hydroxylation is 1. The number of rotatable bonds is 5. The number of amides is 1. The molecule has 2 heterocycles. The van der Waals surface area contributed by atoms with E-state index in [-0.39, 0.29) is 18.4 Å². The van der Waals surface area contributed by atoms with Crippen LogP contribution in [0.3, 0.4) is 0 Å². The summed E-state index contributed by atoms with van der Waals surface area (Å²) in [6, 6.07) is -0.0734. The maximum Gasteiger partial charge on any atom is 0.290 e. The lowest BCUT2D eigenvalue weighted by atomic mass is 10.2. The average Bonchev–Trinajstić information content (AvgIpc) is 2.98. The summed E-state index contributed by atoms with van der Waals surface area (Å²) in [6.45, 7) is 8.04. The van der Waals surface area contributed by atoms with Gasteiger partial charge in [0.1, 0.15) is 0 Å². The van der Waals surface area contributed by atoms with Gasteiger partial charge in [0, 0.05) is 53.1 Å². The third kappa shape index (κ3) is 6.25. The van der Waals surface area contributed by atoms with Crippen LogP contribution in [0.4, 0.5) is 0 Å². The van der Waals surface area contributed by atoms with Gasteiger partial charge in [-0.25, -0.2) is 0 Å². The third-order valence-corrected chi connectivity index (χ3v) is 4.06. The van der Waals surface area contributed by atoms with Crippen LogP contribution in [0.15, 0.2) is 4.52 Å². The summed E-state index contributed by atoms with van der Waals surface area (Å²) in [6.07, 6.45) is 0.620. The quantitative estimate of drug-likeness (QED) is 0.729. The molecule has 9 nitrogen and oxygen atoms in total. The highest BCUT2D eigenvalue weighted by molar-refractivity contribution is 5.81. The van der Waals surface area contributed by atoms with E-state index >= 15 is 0 Å². The maximum atomic E-state index is 12.5. The number of hydrogen-bond acceptors (Lipinski definition) is 7. The van der Waals surface area contributed by atoms with E-state index in [1.165, 1.54) is 0 Å². The molecule has 1 unspecified atom stereocenters. The molecule has 1 saturated heterocycles. The van der Waals surface area contributed by atoms with Gasteiger partial charge in [-0.3, -0.25) is 14.5 Å². The average molecular weight is 341 g/mol. The van der Waals surface area contributed by atoms with E-state index in [4.69, 9.17) is 14.4 Å². The molecule has 24 heavy (non-hydrogen) atoms. The second-order valence-corrected chi connectivity index (χ2v) is 5.86. The highest BCUT2D eigenvalue weighted by Crippen LogP contribution is 2.08. The molecule has 0 saturated carbocycles. The SMILES string of the molecule is Cc1nc(CCN(C)C(=O)C(C)N2CCN(C)CC2)no1.O=CO. The standard InChI is InChI=1S/C14H25N5O2.CH2O2/c1-11(19-9-7-17(3)8-10-19)14(20)18(4)6-5-13-15-12(2)21-16-13;2-1-3/h11H,5-10H2,1-4H3;1H,(H,2,3). The van der Waals surface area contributed by atoms with Gasteiger partial charge < -0.3 is 19.4 Å². The smallest absolute Gasteiger partial charge is 0.290 e. The normalized spacial score (nSPS) is 16.8. The molecule has 0 aromatic carbocycles. The molecule has 1 N–H and O–H groups in total. The van der Waals surface area contributed by atoms with E-state index in [2.05, 4.69) is 27.0 Å². The fourth-order valence-corrected chi connectivity index (χ4v) is 2.51. The summed E-state index contributed by atoms with van der Waals surface area (Å²) in [4.78, 5) is 31.3. The minimum atomic E-state index is -0.250. The lowest BCUT2D eigenvalue weighted by Gasteiger charge is -2.37. The second kappa shape index (κ2) is 9.99. The fourth-order valence-electron chi connectivity index (χ4n) is 2.51. The van der Waals surface area contributed by atoms with E-state index in [1.54, 1.807) is 11.8 Å². The number of hydrogen-bond donors (Lipinski definition) is 1. The Balaban J connectivity index is 0.000000891. The van der Waals surface area contributed by atoms with Crippen LogP contribution in [0, 0.1) is 6.92 Å². The first-order chi connectivity index (χ1) is 11.4. The van der Waals surface area contributed by atoms with Gasteiger partial charge >= 0.3 is 0 Å². The van der Waals surface area contributed by atoms with Gasteiger partial charge in [0.25, 0.3) is 6.47 Å². The van der Waals surface area contributed by atoms with Crippen LogP contribution in [-0.4, -0.2) is 95.2 Å². The van der Waals surface area contributed by atoms with Gasteiger partial charge in [-0.15, -0.1) is 0 Å². The first kappa shape index (κ1) is 20.0. The molecular formula is C15H27N5O4. The number of carbonyl (C=O) groups excluding carboxylic acids is 1. The highest BCUT2D eigenvalue weighted by atomic mass is 16.5. The molecule has 0 aliphatic carbocycles. The van der Waals surface area contributed by atoms with Crippen molar-refractivity contribution in [3.05, 3.63) is 11.7 Å². The highest BCUT2D eigenvalue weighted by Gasteiger charge is 2.26. The van der Waals surface area contributed by atoms with Crippen molar-refractivity contribution in [2.24, 2.45) is 0 Å². The van der Waals surface area contributed by atoms with Crippen molar-refractivity contribution in [3.63, 3.8) is 0 Å². The van der Waals surface area contributed by atoms with Gasteiger partial charge in [-0.2, -0.15) is 4.98 Å². The molecular weight excluding hydrogens is 314 g/mol. The predicted octanol–water partition coefficient (Wildman–Crippen LogP) is -0.284. The zero-order chi connectivity index (χ0) is 18.1. The van der Waals surface area contributed by atoms with Gasteiger partial charge in [0.05, 0.1) is 6.04 Å². The monoisotopic (exact) mass is 341 g/mol. The minimum absolute atomic E-state index is 0.0734. The van der Waals surface area contributed by atoms with E-state index in [9.17, 15) is 4.79 Å². The van der Waals surface area contributed by atoms with Crippen molar-refractivity contribution in [1.82, 2.24) is 24.8 Å². The number of aromatic nitrogens is 2. The first-order valence-electron chi connectivity index (χ1n) is 7.93. The zero-order valence-electron chi connectivity index (χ0n) is 14.8. The van der Waals surface area contributed by atoms with Crippen LogP contribution in [0.2, 0.25) is 0 Å². The summed E-state index contributed by atoms with van der Waals surface area (Å²) in [5.74, 6) is 1.36. The third-order valence-electron chi connectivity index (χ3n) is 4.06. The van der Waals surface area contributed by atoms with E-state index in [1.807, 2.05) is 14.0 Å². The van der Waals surface area contributed by atoms with Crippen LogP contribution in [0.1, 0.15) is 18.6 Å². The van der Waals surface area contributed by atoms with Crippen molar-refractivity contribution in [3.8, 4) is 0 Å². The lowest BCUT2D eigenvalue weighted by molar-refractivity contribution is -0.135. The molecule has 1 aliphatic rings. The van der Waals surface area contributed by atoms with E-state index in [0.29, 0.717) is 24.7 Å². The zero-order valence-corrected chi connectivity index (χ0v) is 14.8. The molecule has 9 heteroatoms. The van der Waals surface area contributed by atoms with Crippen molar-refractivity contribution in [2.75, 3.05) is 46.8 Å². The van der Waals surface area contributed by atoms with Crippen molar-refractivity contribution in [2.45, 2.75) is 26.3 Å². The van der Waals surface area contributed by atoms with Crippen LogP contribution >= 0.6 is 0 Å². The molecule has 1 aromatic rings. The van der Waals surface area contributed by atoms with E-state index < -0.39 is 0 Å². The Bertz CT molecular complexity index is 514. The second-order valence-electron chi connectivity index (χ2n) is 5.86. The molecule has 1 atom stereocenters. The Labute approximate surface area is 142 Å². The summed E-state index contributed by atoms with van der Waals surface area (Å²) in [7, 11) is 3.95. The number of likely N-dealkylation sites (N-methyl/N-ethyl adjacent to an activating group) is 2.